The number of nitrogens with zero attached hydrogens (tertiary/aromatic N) is 1. The fourth-order valence-corrected chi connectivity index (χ4v) is 5.07. The molecule has 0 N–H and O–H groups in total. The quantitative estimate of drug-likeness (QED) is 0.151. The van der Waals surface area contributed by atoms with Crippen molar-refractivity contribution in [2.24, 2.45) is 0 Å². The molecule has 41 heavy (non-hydrogen) atoms. The Morgan fingerprint density at radius 1 is 0.902 bits per heavy atom. The maximum Gasteiger partial charge on any atom is 0.338 e. The lowest BCUT2D eigenvalue weighted by Crippen LogP contribution is -2.29. The zero-order valence-corrected chi connectivity index (χ0v) is 24.0. The number of rotatable bonds is 10. The summed E-state index contributed by atoms with van der Waals surface area (Å²) in [6.45, 7) is 8.95. The van der Waals surface area contributed by atoms with E-state index in [1.165, 1.54) is 0 Å². The van der Waals surface area contributed by atoms with Crippen LogP contribution in [0, 0.1) is 13.8 Å². The summed E-state index contributed by atoms with van der Waals surface area (Å²) in [5.74, 6) is -0.143. The largest absolute Gasteiger partial charge is 0.494 e. The molecule has 7 nitrogen and oxygen atoms in total. The summed E-state index contributed by atoms with van der Waals surface area (Å²) in [5.41, 5.74) is 4.02. The van der Waals surface area contributed by atoms with Gasteiger partial charge in [-0.05, 0) is 91.9 Å². The van der Waals surface area contributed by atoms with Gasteiger partial charge >= 0.3 is 5.97 Å². The molecule has 1 aliphatic heterocycles. The molecule has 5 rings (SSSR count). The number of benzene rings is 3. The van der Waals surface area contributed by atoms with E-state index in [1.807, 2.05) is 51.1 Å². The zero-order valence-electron chi connectivity index (χ0n) is 24.0. The molecule has 1 atom stereocenters. The van der Waals surface area contributed by atoms with Gasteiger partial charge in [-0.3, -0.25) is 14.5 Å². The van der Waals surface area contributed by atoms with Gasteiger partial charge < -0.3 is 13.9 Å². The molecule has 4 aromatic rings. The Labute approximate surface area is 239 Å². The van der Waals surface area contributed by atoms with Crippen molar-refractivity contribution in [3.8, 4) is 5.75 Å². The Bertz CT molecular complexity index is 1650. The van der Waals surface area contributed by atoms with Crippen LogP contribution in [0.25, 0.3) is 11.0 Å². The number of carbonyl (C=O) groups is 2. The standard InChI is InChI=1S/C34H35NO6/c1-5-7-16-39-26-11-9-10-24(20-26)30-29-31(36)27-18-21(3)22(4)19-28(27)41-32(29)33(37)35(30)25-14-12-23(13-15-25)34(38)40-17-8-6-2/h9-15,18-20,30H,5-8,16-17H2,1-4H3. The van der Waals surface area contributed by atoms with Gasteiger partial charge in [0.15, 0.2) is 5.43 Å². The number of unbranched alkanes of at least 4 members (excludes halogenated alkanes) is 2. The van der Waals surface area contributed by atoms with Crippen LogP contribution >= 0.6 is 0 Å². The molecule has 0 saturated carbocycles. The van der Waals surface area contributed by atoms with Crippen LogP contribution in [-0.2, 0) is 4.74 Å². The summed E-state index contributed by atoms with van der Waals surface area (Å²) < 4.78 is 17.5. The molecule has 0 fully saturated rings. The number of hydrogen-bond acceptors (Lipinski definition) is 6. The summed E-state index contributed by atoms with van der Waals surface area (Å²) in [5, 5.41) is 0.437. The topological polar surface area (TPSA) is 86.0 Å². The normalized spacial score (nSPS) is 14.4. The molecule has 1 amide bonds. The van der Waals surface area contributed by atoms with E-state index in [9.17, 15) is 14.4 Å². The Hall–Kier alpha value is -4.39. The Morgan fingerprint density at radius 2 is 1.61 bits per heavy atom. The third kappa shape index (κ3) is 5.49. The molecule has 2 heterocycles. The van der Waals surface area contributed by atoms with Crippen molar-refractivity contribution in [2.75, 3.05) is 18.1 Å². The van der Waals surface area contributed by atoms with Crippen molar-refractivity contribution in [1.29, 1.82) is 0 Å². The van der Waals surface area contributed by atoms with Crippen LogP contribution in [0.2, 0.25) is 0 Å². The van der Waals surface area contributed by atoms with Crippen molar-refractivity contribution in [1.82, 2.24) is 0 Å². The van der Waals surface area contributed by atoms with E-state index in [0.29, 0.717) is 46.7 Å². The molecule has 0 spiro atoms. The molecule has 0 bridgehead atoms. The average Bonchev–Trinajstić information content (AvgIpc) is 3.27. The van der Waals surface area contributed by atoms with Crippen LogP contribution in [-0.4, -0.2) is 25.1 Å². The van der Waals surface area contributed by atoms with Gasteiger partial charge in [0, 0.05) is 5.69 Å². The van der Waals surface area contributed by atoms with Gasteiger partial charge in [-0.1, -0.05) is 38.8 Å². The lowest BCUT2D eigenvalue weighted by Gasteiger charge is -2.25. The SMILES string of the molecule is CCCCOC(=O)c1ccc(N2C(=O)c3oc4cc(C)c(C)cc4c(=O)c3C2c2cccc(OCCCC)c2)cc1. The van der Waals surface area contributed by atoms with Gasteiger partial charge in [0.25, 0.3) is 5.91 Å². The first-order valence-electron chi connectivity index (χ1n) is 14.3. The molecular formula is C34H35NO6. The molecule has 1 aliphatic rings. The molecule has 0 aliphatic carbocycles. The number of carbonyl (C=O) groups excluding carboxylic acids is 2. The van der Waals surface area contributed by atoms with Crippen LogP contribution < -0.4 is 15.1 Å². The van der Waals surface area contributed by atoms with E-state index in [4.69, 9.17) is 13.9 Å². The van der Waals surface area contributed by atoms with Crippen molar-refractivity contribution >= 4 is 28.5 Å². The molecule has 0 radical (unpaired) electrons. The molecular weight excluding hydrogens is 518 g/mol. The highest BCUT2D eigenvalue weighted by Crippen LogP contribution is 2.42. The second kappa shape index (κ2) is 12.0. The van der Waals surface area contributed by atoms with E-state index in [-0.39, 0.29) is 11.2 Å². The maximum absolute atomic E-state index is 14.0. The summed E-state index contributed by atoms with van der Waals surface area (Å²) in [7, 11) is 0. The molecule has 1 unspecified atom stereocenters. The van der Waals surface area contributed by atoms with E-state index in [1.54, 1.807) is 35.2 Å². The fourth-order valence-electron chi connectivity index (χ4n) is 5.07. The Balaban J connectivity index is 1.62. The highest BCUT2D eigenvalue weighted by Gasteiger charge is 2.44. The number of ether oxygens (including phenoxy) is 2. The minimum absolute atomic E-state index is 0.0242. The summed E-state index contributed by atoms with van der Waals surface area (Å²) in [6.07, 6.45) is 3.65. The van der Waals surface area contributed by atoms with Crippen molar-refractivity contribution < 1.29 is 23.5 Å². The second-order valence-electron chi connectivity index (χ2n) is 10.5. The number of amides is 1. The van der Waals surface area contributed by atoms with Gasteiger partial charge in [-0.25, -0.2) is 4.79 Å². The Kier molecular flexibility index (Phi) is 8.24. The minimum Gasteiger partial charge on any atom is -0.494 e. The lowest BCUT2D eigenvalue weighted by atomic mass is 9.97. The summed E-state index contributed by atoms with van der Waals surface area (Å²) >= 11 is 0. The molecule has 7 heteroatoms. The van der Waals surface area contributed by atoms with Crippen molar-refractivity contribution in [3.63, 3.8) is 0 Å². The van der Waals surface area contributed by atoms with Gasteiger partial charge in [0.1, 0.15) is 11.3 Å². The summed E-state index contributed by atoms with van der Waals surface area (Å²) in [4.78, 5) is 42.1. The first-order valence-corrected chi connectivity index (χ1v) is 14.3. The minimum atomic E-state index is -0.739. The number of fused-ring (bicyclic) bond motifs is 2. The second-order valence-corrected chi connectivity index (χ2v) is 10.5. The number of aryl methyl sites for hydroxylation is 2. The van der Waals surface area contributed by atoms with Crippen molar-refractivity contribution in [3.05, 3.63) is 104 Å². The number of esters is 1. The van der Waals surface area contributed by atoms with Crippen LogP contribution in [0.1, 0.15) is 88.7 Å². The third-order valence-electron chi connectivity index (χ3n) is 7.54. The predicted octanol–water partition coefficient (Wildman–Crippen LogP) is 7.30. The van der Waals surface area contributed by atoms with E-state index in [2.05, 4.69) is 6.92 Å². The number of hydrogen-bond donors (Lipinski definition) is 0. The molecule has 3 aromatic carbocycles. The first kappa shape index (κ1) is 28.1. The van der Waals surface area contributed by atoms with Gasteiger partial charge in [-0.2, -0.15) is 0 Å². The van der Waals surface area contributed by atoms with Gasteiger partial charge in [-0.15, -0.1) is 0 Å². The Morgan fingerprint density at radius 3 is 2.34 bits per heavy atom. The molecule has 1 aromatic heterocycles. The highest BCUT2D eigenvalue weighted by molar-refractivity contribution is 6.11. The van der Waals surface area contributed by atoms with Gasteiger partial charge in [0.05, 0.1) is 35.8 Å². The van der Waals surface area contributed by atoms with E-state index in [0.717, 1.165) is 42.4 Å². The maximum atomic E-state index is 14.0. The van der Waals surface area contributed by atoms with Crippen LogP contribution in [0.15, 0.2) is 69.9 Å². The lowest BCUT2D eigenvalue weighted by molar-refractivity contribution is 0.0499. The monoisotopic (exact) mass is 553 g/mol. The number of anilines is 1. The van der Waals surface area contributed by atoms with E-state index >= 15 is 0 Å². The van der Waals surface area contributed by atoms with Crippen LogP contribution in [0.3, 0.4) is 0 Å². The predicted molar refractivity (Wildman–Crippen MR) is 159 cm³/mol. The fraction of sp³-hybridized carbons (Fsp3) is 0.324. The molecule has 212 valence electrons. The average molecular weight is 554 g/mol. The first-order chi connectivity index (χ1) is 19.8. The molecule has 0 saturated heterocycles. The highest BCUT2D eigenvalue weighted by atomic mass is 16.5. The smallest absolute Gasteiger partial charge is 0.338 e. The van der Waals surface area contributed by atoms with Crippen molar-refractivity contribution in [2.45, 2.75) is 59.4 Å². The van der Waals surface area contributed by atoms with E-state index < -0.39 is 17.9 Å². The van der Waals surface area contributed by atoms with Crippen LogP contribution in [0.4, 0.5) is 5.69 Å². The van der Waals surface area contributed by atoms with Crippen LogP contribution in [0.5, 0.6) is 5.75 Å². The third-order valence-corrected chi connectivity index (χ3v) is 7.54. The summed E-state index contributed by atoms with van der Waals surface area (Å²) in [6, 6.07) is 17.1. The zero-order chi connectivity index (χ0) is 29.1. The van der Waals surface area contributed by atoms with Gasteiger partial charge in [0.2, 0.25) is 5.76 Å².